The van der Waals surface area contributed by atoms with Gasteiger partial charge in [-0.1, -0.05) is 0 Å². The van der Waals surface area contributed by atoms with Gasteiger partial charge in [-0.2, -0.15) is 5.53 Å². The van der Waals surface area contributed by atoms with E-state index in [0.717, 1.165) is 0 Å². The molecule has 0 amide bonds. The number of nitrogens with two attached hydrogens (primary N) is 1. The van der Waals surface area contributed by atoms with Gasteiger partial charge in [0.15, 0.2) is 0 Å². The summed E-state index contributed by atoms with van der Waals surface area (Å²) in [7, 11) is 1.69. The molecule has 0 rings (SSSR count). The van der Waals surface area contributed by atoms with E-state index in [0.29, 0.717) is 0 Å². The second-order valence-corrected chi connectivity index (χ2v) is 0.394. The summed E-state index contributed by atoms with van der Waals surface area (Å²) in [5, 5.41) is 0. The molecule has 0 saturated heterocycles. The molecule has 0 bridgehead atoms. The first-order valence-electron chi connectivity index (χ1n) is 1.04. The van der Waals surface area contributed by atoms with Crippen LogP contribution in [-0.4, -0.2) is 7.05 Å². The molecule has 0 aromatic carbocycles. The molecule has 3 nitrogen and oxygen atoms in total. The Kier molecular flexibility index (Phi) is 16.1. The highest BCUT2D eigenvalue weighted by molar-refractivity contribution is 14.0. The molecule has 0 spiro atoms. The van der Waals surface area contributed by atoms with Crippen molar-refractivity contribution in [2.75, 3.05) is 7.05 Å². The van der Waals surface area contributed by atoms with Crippen LogP contribution in [0.4, 0.5) is 0 Å². The van der Waals surface area contributed by atoms with Gasteiger partial charge in [-0.15, -0.1) is 24.0 Å². The van der Waals surface area contributed by atoms with Crippen LogP contribution in [0.15, 0.2) is 0 Å². The van der Waals surface area contributed by atoms with Crippen LogP contribution in [0.3, 0.4) is 0 Å². The third-order valence-corrected chi connectivity index (χ3v) is 0.144. The lowest BCUT2D eigenvalue weighted by molar-refractivity contribution is 0.630. The highest BCUT2D eigenvalue weighted by atomic mass is 127. The molecule has 0 atom stereocenters. The molecule has 0 aliphatic heterocycles. The standard InChI is InChI=1S/CH7N3.HI/c1-3-4-2;/h3-4H,2H2,1H3;1H. The van der Waals surface area contributed by atoms with Crippen molar-refractivity contribution < 1.29 is 0 Å². The van der Waals surface area contributed by atoms with Crippen LogP contribution in [0.5, 0.6) is 0 Å². The fourth-order valence-electron chi connectivity index (χ4n) is 0. The van der Waals surface area contributed by atoms with Gasteiger partial charge in [-0.3, -0.25) is 5.84 Å². The Balaban J connectivity index is 0. The molecule has 0 fully saturated rings. The minimum atomic E-state index is 0. The van der Waals surface area contributed by atoms with E-state index in [9.17, 15) is 0 Å². The zero-order valence-electron chi connectivity index (χ0n) is 2.99. The normalized spacial score (nSPS) is 6.00. The minimum Gasteiger partial charge on any atom is -0.258 e. The van der Waals surface area contributed by atoms with Crippen LogP contribution in [0.25, 0.3) is 0 Å². The lowest BCUT2D eigenvalue weighted by Gasteiger charge is -1.82. The monoisotopic (exact) mass is 189 g/mol. The lowest BCUT2D eigenvalue weighted by Crippen LogP contribution is -2.33. The molecule has 0 saturated carbocycles. The molecule has 4 N–H and O–H groups in total. The summed E-state index contributed by atoms with van der Waals surface area (Å²) in [5.41, 5.74) is 4.64. The fourth-order valence-corrected chi connectivity index (χ4v) is 0. The van der Waals surface area contributed by atoms with E-state index in [4.69, 9.17) is 0 Å². The van der Waals surface area contributed by atoms with E-state index in [1.54, 1.807) is 7.05 Å². The fraction of sp³-hybridized carbons (Fsp3) is 1.00. The van der Waals surface area contributed by atoms with E-state index in [1.807, 2.05) is 0 Å². The zero-order valence-corrected chi connectivity index (χ0v) is 5.32. The molecule has 4 heteroatoms. The molecule has 0 aliphatic carbocycles. The molecule has 0 radical (unpaired) electrons. The predicted molar refractivity (Wildman–Crippen MR) is 31.8 cm³/mol. The topological polar surface area (TPSA) is 50.1 Å². The van der Waals surface area contributed by atoms with Crippen LogP contribution >= 0.6 is 24.0 Å². The molecular formula is CH8IN3. The maximum absolute atomic E-state index is 4.67. The molecule has 0 heterocycles. The smallest absolute Gasteiger partial charge is 0.000167 e. The first-order chi connectivity index (χ1) is 1.91. The van der Waals surface area contributed by atoms with Crippen molar-refractivity contribution in [3.05, 3.63) is 0 Å². The van der Waals surface area contributed by atoms with Gasteiger partial charge in [0.25, 0.3) is 0 Å². The number of halogens is 1. The number of hydrazine groups is 2. The van der Waals surface area contributed by atoms with Gasteiger partial charge in [0.05, 0.1) is 0 Å². The zero-order chi connectivity index (χ0) is 3.41. The van der Waals surface area contributed by atoms with E-state index >= 15 is 0 Å². The average molecular weight is 189 g/mol. The quantitative estimate of drug-likeness (QED) is 0.287. The van der Waals surface area contributed by atoms with Crippen molar-refractivity contribution in [3.63, 3.8) is 0 Å². The Labute approximate surface area is 48.3 Å². The maximum Gasteiger partial charge on any atom is -0.000167 e. The molecule has 0 aromatic rings. The van der Waals surface area contributed by atoms with Gasteiger partial charge in [0.1, 0.15) is 0 Å². The Morgan fingerprint density at radius 3 is 1.80 bits per heavy atom. The van der Waals surface area contributed by atoms with Crippen LogP contribution in [0.2, 0.25) is 0 Å². The van der Waals surface area contributed by atoms with E-state index < -0.39 is 0 Å². The van der Waals surface area contributed by atoms with Crippen molar-refractivity contribution in [1.82, 2.24) is 11.0 Å². The second-order valence-electron chi connectivity index (χ2n) is 0.394. The average Bonchev–Trinajstić information content (AvgIpc) is 1.37. The SMILES string of the molecule is CNNN.I. The number of hydrogen-bond donors (Lipinski definition) is 3. The van der Waals surface area contributed by atoms with Crippen molar-refractivity contribution in [2.45, 2.75) is 0 Å². The third kappa shape index (κ3) is 12.1. The number of hydrogen-bond acceptors (Lipinski definition) is 3. The number of nitrogens with one attached hydrogen (secondary N) is 2. The highest BCUT2D eigenvalue weighted by Crippen LogP contribution is 0.980. The first kappa shape index (κ1) is 9.15. The highest BCUT2D eigenvalue weighted by Gasteiger charge is 1.43. The van der Waals surface area contributed by atoms with Gasteiger partial charge in [-0.05, 0) is 7.05 Å². The summed E-state index contributed by atoms with van der Waals surface area (Å²) < 4.78 is 0. The van der Waals surface area contributed by atoms with Crippen molar-refractivity contribution in [3.8, 4) is 0 Å². The van der Waals surface area contributed by atoms with Gasteiger partial charge >= 0.3 is 0 Å². The lowest BCUT2D eigenvalue weighted by atomic mass is 11.5. The first-order valence-corrected chi connectivity index (χ1v) is 1.04. The minimum absolute atomic E-state index is 0. The Morgan fingerprint density at radius 1 is 1.60 bits per heavy atom. The van der Waals surface area contributed by atoms with E-state index in [1.165, 1.54) is 0 Å². The molecule has 5 heavy (non-hydrogen) atoms. The van der Waals surface area contributed by atoms with Gasteiger partial charge in [0, 0.05) is 0 Å². The maximum atomic E-state index is 4.67. The summed E-state index contributed by atoms with van der Waals surface area (Å²) in [5.74, 6) is 4.67. The van der Waals surface area contributed by atoms with Crippen LogP contribution in [0.1, 0.15) is 0 Å². The number of rotatable bonds is 1. The van der Waals surface area contributed by atoms with Crippen LogP contribution < -0.4 is 16.8 Å². The summed E-state index contributed by atoms with van der Waals surface area (Å²) in [6, 6.07) is 0. The van der Waals surface area contributed by atoms with E-state index in [2.05, 4.69) is 16.8 Å². The molecule has 0 aromatic heterocycles. The molecule has 0 aliphatic rings. The summed E-state index contributed by atoms with van der Waals surface area (Å²) >= 11 is 0. The van der Waals surface area contributed by atoms with Gasteiger partial charge in [-0.25, -0.2) is 5.43 Å². The van der Waals surface area contributed by atoms with Crippen molar-refractivity contribution in [1.29, 1.82) is 0 Å². The Hall–Kier alpha value is 0.610. The molecule has 0 unspecified atom stereocenters. The predicted octanol–water partition coefficient (Wildman–Crippen LogP) is -0.798. The van der Waals surface area contributed by atoms with Crippen LogP contribution in [0, 0.1) is 0 Å². The van der Waals surface area contributed by atoms with Gasteiger partial charge < -0.3 is 0 Å². The summed E-state index contributed by atoms with van der Waals surface area (Å²) in [6.07, 6.45) is 0. The van der Waals surface area contributed by atoms with Crippen molar-refractivity contribution in [2.24, 2.45) is 5.84 Å². The summed E-state index contributed by atoms with van der Waals surface area (Å²) in [6.45, 7) is 0. The molecule has 34 valence electrons. The Bertz CT molecular complexity index is 8.85. The summed E-state index contributed by atoms with van der Waals surface area (Å²) in [4.78, 5) is 0. The van der Waals surface area contributed by atoms with Crippen LogP contribution in [-0.2, 0) is 0 Å². The second kappa shape index (κ2) is 8.82. The third-order valence-electron chi connectivity index (χ3n) is 0.144. The van der Waals surface area contributed by atoms with Gasteiger partial charge in [0.2, 0.25) is 0 Å². The van der Waals surface area contributed by atoms with Crippen molar-refractivity contribution >= 4 is 24.0 Å². The largest absolute Gasteiger partial charge is 0.258 e. The van der Waals surface area contributed by atoms with E-state index in [-0.39, 0.29) is 24.0 Å². The molecular weight excluding hydrogens is 181 g/mol. The Morgan fingerprint density at radius 2 is 1.80 bits per heavy atom.